The topological polar surface area (TPSA) is 93.0 Å². The first-order valence-corrected chi connectivity index (χ1v) is 14.4. The second-order valence-electron chi connectivity index (χ2n) is 8.83. The molecule has 2 fully saturated rings. The number of hydrogen-bond donors (Lipinski definition) is 0. The summed E-state index contributed by atoms with van der Waals surface area (Å²) in [5.41, 5.74) is 3.03. The summed E-state index contributed by atoms with van der Waals surface area (Å²) in [4.78, 5) is 21.3. The predicted octanol–water partition coefficient (Wildman–Crippen LogP) is 4.36. The van der Waals surface area contributed by atoms with Crippen molar-refractivity contribution >= 4 is 56.0 Å². The Hall–Kier alpha value is -2.99. The molecular formula is C26H25N3O5S3. The molecule has 3 heterocycles. The van der Waals surface area contributed by atoms with E-state index in [1.165, 1.54) is 11.0 Å². The van der Waals surface area contributed by atoms with Gasteiger partial charge in [-0.3, -0.25) is 9.69 Å². The molecule has 2 aliphatic heterocycles. The van der Waals surface area contributed by atoms with Gasteiger partial charge < -0.3 is 14.1 Å². The Bertz CT molecular complexity index is 1470. The molecule has 0 saturated carbocycles. The van der Waals surface area contributed by atoms with E-state index < -0.39 is 9.84 Å². The van der Waals surface area contributed by atoms with Gasteiger partial charge in [-0.05, 0) is 31.5 Å². The van der Waals surface area contributed by atoms with Gasteiger partial charge in [0.1, 0.15) is 4.32 Å². The molecule has 3 aromatic rings. The Morgan fingerprint density at radius 2 is 1.65 bits per heavy atom. The number of morpholine rings is 1. The van der Waals surface area contributed by atoms with Crippen molar-refractivity contribution in [3.8, 4) is 0 Å². The molecule has 0 spiro atoms. The minimum atomic E-state index is -3.97. The smallest absolute Gasteiger partial charge is 0.266 e. The van der Waals surface area contributed by atoms with Crippen LogP contribution in [0.15, 0.2) is 67.8 Å². The van der Waals surface area contributed by atoms with E-state index in [2.05, 4.69) is 4.98 Å². The number of benzene rings is 2. The van der Waals surface area contributed by atoms with Crippen LogP contribution in [-0.2, 0) is 25.9 Å². The first kappa shape index (κ1) is 25.7. The number of aromatic nitrogens is 1. The second-order valence-corrected chi connectivity index (χ2v) is 12.4. The van der Waals surface area contributed by atoms with Crippen molar-refractivity contribution in [1.82, 2.24) is 9.88 Å². The Labute approximate surface area is 225 Å². The van der Waals surface area contributed by atoms with Gasteiger partial charge in [0.25, 0.3) is 5.91 Å². The summed E-state index contributed by atoms with van der Waals surface area (Å²) in [5.74, 6) is -0.0992. The molecule has 192 valence electrons. The highest BCUT2D eigenvalue weighted by Gasteiger charge is 2.35. The fourth-order valence-corrected chi connectivity index (χ4v) is 6.52. The summed E-state index contributed by atoms with van der Waals surface area (Å²) in [6, 6.07) is 14.5. The Kier molecular flexibility index (Phi) is 7.21. The van der Waals surface area contributed by atoms with Gasteiger partial charge in [0, 0.05) is 19.2 Å². The largest absolute Gasteiger partial charge is 0.420 e. The lowest BCUT2D eigenvalue weighted by Gasteiger charge is -2.26. The molecule has 0 radical (unpaired) electrons. The van der Waals surface area contributed by atoms with Crippen LogP contribution in [0.4, 0.5) is 5.88 Å². The van der Waals surface area contributed by atoms with Gasteiger partial charge in [-0.25, -0.2) is 8.42 Å². The van der Waals surface area contributed by atoms with Gasteiger partial charge in [-0.1, -0.05) is 71.5 Å². The molecule has 0 unspecified atom stereocenters. The minimum absolute atomic E-state index is 0.0306. The number of sulfone groups is 1. The minimum Gasteiger partial charge on any atom is -0.420 e. The van der Waals surface area contributed by atoms with Crippen LogP contribution >= 0.6 is 24.0 Å². The molecule has 5 rings (SSSR count). The van der Waals surface area contributed by atoms with Gasteiger partial charge in [-0.2, -0.15) is 4.98 Å². The summed E-state index contributed by atoms with van der Waals surface area (Å²) in [6.07, 6.45) is 1.46. The Morgan fingerprint density at radius 1 is 1.03 bits per heavy atom. The third-order valence-corrected chi connectivity index (χ3v) is 9.12. The first-order chi connectivity index (χ1) is 17.7. The van der Waals surface area contributed by atoms with Crippen molar-refractivity contribution < 1.29 is 22.4 Å². The number of carbonyl (C=O) groups is 1. The standard InChI is InChI=1S/C26H25N3O5S3/c1-17-3-7-19(8-4-17)16-29-24(30)21(36-26(29)35)15-22-27-23(25(34-22)28-11-13-33-14-12-28)37(31,32)20-9-5-18(2)6-10-20/h3-10,15H,11-14,16H2,1-2H3. The van der Waals surface area contributed by atoms with Crippen molar-refractivity contribution in [3.05, 3.63) is 76.0 Å². The SMILES string of the molecule is Cc1ccc(CN2C(=O)C(=Cc3nc(S(=O)(=O)c4ccc(C)cc4)c(N4CCOCC4)o3)SC2=S)cc1. The number of nitrogens with zero attached hydrogens (tertiary/aromatic N) is 3. The number of anilines is 1. The van der Waals surface area contributed by atoms with E-state index in [-0.39, 0.29) is 27.6 Å². The number of hydrogen-bond acceptors (Lipinski definition) is 9. The average molecular weight is 556 g/mol. The molecule has 2 aromatic carbocycles. The van der Waals surface area contributed by atoms with Gasteiger partial charge in [-0.15, -0.1) is 0 Å². The molecule has 2 saturated heterocycles. The molecule has 0 atom stereocenters. The molecule has 0 N–H and O–H groups in total. The number of ether oxygens (including phenoxy) is 1. The van der Waals surface area contributed by atoms with E-state index in [9.17, 15) is 13.2 Å². The zero-order valence-corrected chi connectivity index (χ0v) is 22.8. The lowest BCUT2D eigenvalue weighted by atomic mass is 10.1. The van der Waals surface area contributed by atoms with Crippen LogP contribution in [0.2, 0.25) is 0 Å². The normalized spacial score (nSPS) is 17.7. The zero-order valence-electron chi connectivity index (χ0n) is 20.3. The molecule has 37 heavy (non-hydrogen) atoms. The number of aryl methyl sites for hydroxylation is 2. The van der Waals surface area contributed by atoms with E-state index in [4.69, 9.17) is 21.4 Å². The number of oxazole rings is 1. The lowest BCUT2D eigenvalue weighted by Crippen LogP contribution is -2.36. The van der Waals surface area contributed by atoms with Gasteiger partial charge in [0.05, 0.1) is 29.6 Å². The van der Waals surface area contributed by atoms with Gasteiger partial charge >= 0.3 is 0 Å². The maximum atomic E-state index is 13.6. The van der Waals surface area contributed by atoms with Crippen molar-refractivity contribution in [2.24, 2.45) is 0 Å². The van der Waals surface area contributed by atoms with E-state index in [1.807, 2.05) is 38.1 Å². The third-order valence-electron chi connectivity index (χ3n) is 6.07. The fraction of sp³-hybridized carbons (Fsp3) is 0.269. The number of thiocarbonyl (C=S) groups is 1. The molecule has 0 bridgehead atoms. The molecule has 2 aliphatic rings. The van der Waals surface area contributed by atoms with Crippen LogP contribution in [0.3, 0.4) is 0 Å². The van der Waals surface area contributed by atoms with Crippen molar-refractivity contribution in [2.75, 3.05) is 31.2 Å². The lowest BCUT2D eigenvalue weighted by molar-refractivity contribution is -0.122. The highest BCUT2D eigenvalue weighted by atomic mass is 32.2. The highest BCUT2D eigenvalue weighted by molar-refractivity contribution is 8.26. The van der Waals surface area contributed by atoms with E-state index in [0.29, 0.717) is 42.1 Å². The van der Waals surface area contributed by atoms with Crippen LogP contribution in [-0.4, -0.2) is 54.8 Å². The van der Waals surface area contributed by atoms with Crippen molar-refractivity contribution in [3.63, 3.8) is 0 Å². The quantitative estimate of drug-likeness (QED) is 0.325. The van der Waals surface area contributed by atoms with Crippen LogP contribution < -0.4 is 4.90 Å². The number of carbonyl (C=O) groups excluding carboxylic acids is 1. The van der Waals surface area contributed by atoms with E-state index in [0.717, 1.165) is 28.5 Å². The summed E-state index contributed by atoms with van der Waals surface area (Å²) in [7, 11) is -3.97. The summed E-state index contributed by atoms with van der Waals surface area (Å²) < 4.78 is 38.9. The van der Waals surface area contributed by atoms with E-state index >= 15 is 0 Å². The number of thioether (sulfide) groups is 1. The first-order valence-electron chi connectivity index (χ1n) is 11.7. The van der Waals surface area contributed by atoms with Crippen LogP contribution in [0.25, 0.3) is 6.08 Å². The number of amides is 1. The molecular weight excluding hydrogens is 531 g/mol. The third kappa shape index (κ3) is 5.35. The second kappa shape index (κ2) is 10.4. The molecule has 1 amide bonds. The summed E-state index contributed by atoms with van der Waals surface area (Å²) in [5, 5.41) is -0.181. The monoisotopic (exact) mass is 555 g/mol. The average Bonchev–Trinajstić information content (AvgIpc) is 3.43. The molecule has 0 aliphatic carbocycles. The van der Waals surface area contributed by atoms with Crippen LogP contribution in [0.5, 0.6) is 0 Å². The Balaban J connectivity index is 1.48. The van der Waals surface area contributed by atoms with Crippen LogP contribution in [0.1, 0.15) is 22.6 Å². The molecule has 11 heteroatoms. The number of rotatable bonds is 6. The molecule has 1 aromatic heterocycles. The molecule has 8 nitrogen and oxygen atoms in total. The van der Waals surface area contributed by atoms with Crippen LogP contribution in [0, 0.1) is 13.8 Å². The van der Waals surface area contributed by atoms with Gasteiger partial charge in [0.2, 0.25) is 26.6 Å². The van der Waals surface area contributed by atoms with Crippen molar-refractivity contribution in [2.45, 2.75) is 30.3 Å². The highest BCUT2D eigenvalue weighted by Crippen LogP contribution is 2.36. The summed E-state index contributed by atoms with van der Waals surface area (Å²) >= 11 is 6.60. The maximum absolute atomic E-state index is 13.6. The summed E-state index contributed by atoms with van der Waals surface area (Å²) in [6.45, 7) is 6.04. The fourth-order valence-electron chi connectivity index (χ4n) is 3.97. The zero-order chi connectivity index (χ0) is 26.2. The van der Waals surface area contributed by atoms with E-state index in [1.54, 1.807) is 29.2 Å². The maximum Gasteiger partial charge on any atom is 0.266 e. The predicted molar refractivity (Wildman–Crippen MR) is 146 cm³/mol. The Morgan fingerprint density at radius 3 is 2.30 bits per heavy atom. The van der Waals surface area contributed by atoms with Gasteiger partial charge in [0.15, 0.2) is 0 Å². The van der Waals surface area contributed by atoms with Crippen molar-refractivity contribution in [1.29, 1.82) is 0 Å².